The summed E-state index contributed by atoms with van der Waals surface area (Å²) in [5, 5.41) is 0. The van der Waals surface area contributed by atoms with E-state index in [0.717, 1.165) is 28.2 Å². The van der Waals surface area contributed by atoms with E-state index in [1.165, 1.54) is 0 Å². The molecule has 1 fully saturated rings. The van der Waals surface area contributed by atoms with Crippen molar-refractivity contribution in [3.05, 3.63) is 22.8 Å². The van der Waals surface area contributed by atoms with Gasteiger partial charge in [-0.15, -0.1) is 0 Å². The fourth-order valence-corrected chi connectivity index (χ4v) is 2.72. The highest BCUT2D eigenvalue weighted by molar-refractivity contribution is 9.09. The van der Waals surface area contributed by atoms with Gasteiger partial charge in [0.05, 0.1) is 27.4 Å². The molecule has 94 valence electrons. The molecular weight excluding hydrogens is 284 g/mol. The van der Waals surface area contributed by atoms with Gasteiger partial charge in [-0.25, -0.2) is 0 Å². The van der Waals surface area contributed by atoms with Gasteiger partial charge in [-0.05, 0) is 31.0 Å². The molecule has 3 nitrogen and oxygen atoms in total. The molecular formula is C13H17BrO3. The second kappa shape index (κ2) is 4.50. The summed E-state index contributed by atoms with van der Waals surface area (Å²) in [6, 6.07) is 2.04. The zero-order valence-electron chi connectivity index (χ0n) is 10.6. The minimum absolute atomic E-state index is 0.135. The fraction of sp³-hybridized carbons (Fsp3) is 0.538. The molecule has 1 aliphatic heterocycles. The van der Waals surface area contributed by atoms with Crippen LogP contribution in [0, 0.1) is 13.8 Å². The maximum atomic E-state index is 5.54. The number of benzene rings is 1. The van der Waals surface area contributed by atoms with E-state index in [1.54, 1.807) is 14.2 Å². The monoisotopic (exact) mass is 300 g/mol. The second-order valence-electron chi connectivity index (χ2n) is 4.37. The Labute approximate surface area is 110 Å². The lowest BCUT2D eigenvalue weighted by Crippen LogP contribution is -2.41. The average Bonchev–Trinajstić information content (AvgIpc) is 2.29. The van der Waals surface area contributed by atoms with E-state index in [0.29, 0.717) is 13.2 Å². The maximum Gasteiger partial charge on any atom is 0.127 e. The fourth-order valence-electron chi connectivity index (χ4n) is 2.11. The number of ether oxygens (including phenoxy) is 3. The standard InChI is InChI=1S/C13H17BrO3/c1-8-9(2)12(16-4)10(5-11(8)15-3)13(14)6-17-7-13/h5H,6-7H2,1-4H3. The molecule has 1 aromatic carbocycles. The molecule has 0 N–H and O–H groups in total. The minimum Gasteiger partial charge on any atom is -0.496 e. The molecule has 0 saturated carbocycles. The predicted molar refractivity (Wildman–Crippen MR) is 70.4 cm³/mol. The van der Waals surface area contributed by atoms with E-state index in [4.69, 9.17) is 14.2 Å². The number of methoxy groups -OCH3 is 2. The van der Waals surface area contributed by atoms with Crippen LogP contribution in [0.15, 0.2) is 6.07 Å². The van der Waals surface area contributed by atoms with Crippen molar-refractivity contribution in [2.24, 2.45) is 0 Å². The van der Waals surface area contributed by atoms with E-state index in [9.17, 15) is 0 Å². The van der Waals surface area contributed by atoms with Gasteiger partial charge >= 0.3 is 0 Å². The van der Waals surface area contributed by atoms with Crippen LogP contribution in [0.1, 0.15) is 16.7 Å². The molecule has 0 aliphatic carbocycles. The SMILES string of the molecule is COc1cc(C2(Br)COC2)c(OC)c(C)c1C. The lowest BCUT2D eigenvalue weighted by Gasteiger charge is -2.38. The van der Waals surface area contributed by atoms with Gasteiger partial charge in [0.1, 0.15) is 15.8 Å². The Balaban J connectivity index is 2.60. The molecule has 0 amide bonds. The van der Waals surface area contributed by atoms with Crippen molar-refractivity contribution in [1.82, 2.24) is 0 Å². The van der Waals surface area contributed by atoms with Crippen LogP contribution in [0.3, 0.4) is 0 Å². The van der Waals surface area contributed by atoms with E-state index in [2.05, 4.69) is 22.9 Å². The first kappa shape index (κ1) is 12.7. The van der Waals surface area contributed by atoms with Gasteiger partial charge in [-0.1, -0.05) is 15.9 Å². The summed E-state index contributed by atoms with van der Waals surface area (Å²) >= 11 is 3.73. The Kier molecular flexibility index (Phi) is 3.36. The maximum absolute atomic E-state index is 5.54. The number of hydrogen-bond acceptors (Lipinski definition) is 3. The average molecular weight is 301 g/mol. The third kappa shape index (κ3) is 1.93. The molecule has 0 aromatic heterocycles. The van der Waals surface area contributed by atoms with Crippen molar-refractivity contribution < 1.29 is 14.2 Å². The van der Waals surface area contributed by atoms with Gasteiger partial charge < -0.3 is 14.2 Å². The van der Waals surface area contributed by atoms with E-state index in [-0.39, 0.29) is 4.32 Å². The van der Waals surface area contributed by atoms with Crippen LogP contribution in [0.4, 0.5) is 0 Å². The van der Waals surface area contributed by atoms with Crippen LogP contribution >= 0.6 is 15.9 Å². The molecule has 1 aliphatic rings. The highest BCUT2D eigenvalue weighted by Gasteiger charge is 2.41. The molecule has 0 unspecified atom stereocenters. The van der Waals surface area contributed by atoms with Crippen LogP contribution in [-0.2, 0) is 9.06 Å². The molecule has 0 radical (unpaired) electrons. The zero-order chi connectivity index (χ0) is 12.6. The summed E-state index contributed by atoms with van der Waals surface area (Å²) in [6.45, 7) is 5.42. The summed E-state index contributed by atoms with van der Waals surface area (Å²) in [7, 11) is 3.39. The van der Waals surface area contributed by atoms with Crippen molar-refractivity contribution in [3.8, 4) is 11.5 Å². The lowest BCUT2D eigenvalue weighted by atomic mass is 9.92. The molecule has 1 heterocycles. The van der Waals surface area contributed by atoms with Gasteiger partial charge in [0.2, 0.25) is 0 Å². The van der Waals surface area contributed by atoms with Gasteiger partial charge in [0.15, 0.2) is 0 Å². The molecule has 2 rings (SSSR count). The third-order valence-electron chi connectivity index (χ3n) is 3.36. The first-order valence-electron chi connectivity index (χ1n) is 5.53. The minimum atomic E-state index is -0.135. The van der Waals surface area contributed by atoms with Crippen molar-refractivity contribution in [2.75, 3.05) is 27.4 Å². The topological polar surface area (TPSA) is 27.7 Å². The number of rotatable bonds is 3. The number of hydrogen-bond donors (Lipinski definition) is 0. The first-order chi connectivity index (χ1) is 8.03. The zero-order valence-corrected chi connectivity index (χ0v) is 12.2. The number of alkyl halides is 1. The summed E-state index contributed by atoms with van der Waals surface area (Å²) in [4.78, 5) is 0. The largest absolute Gasteiger partial charge is 0.496 e. The Bertz CT molecular complexity index is 439. The summed E-state index contributed by atoms with van der Waals surface area (Å²) < 4.78 is 16.1. The van der Waals surface area contributed by atoms with Crippen molar-refractivity contribution in [3.63, 3.8) is 0 Å². The molecule has 1 aromatic rings. The van der Waals surface area contributed by atoms with Crippen LogP contribution in [0.5, 0.6) is 11.5 Å². The van der Waals surface area contributed by atoms with Crippen LogP contribution in [0.2, 0.25) is 0 Å². The number of halogens is 1. The van der Waals surface area contributed by atoms with E-state index in [1.807, 2.05) is 13.0 Å². The smallest absolute Gasteiger partial charge is 0.127 e. The first-order valence-corrected chi connectivity index (χ1v) is 6.32. The van der Waals surface area contributed by atoms with Crippen molar-refractivity contribution >= 4 is 15.9 Å². The molecule has 0 atom stereocenters. The molecule has 4 heteroatoms. The van der Waals surface area contributed by atoms with Gasteiger partial charge in [-0.3, -0.25) is 0 Å². The van der Waals surface area contributed by atoms with Gasteiger partial charge in [0, 0.05) is 5.56 Å². The summed E-state index contributed by atoms with van der Waals surface area (Å²) in [6.07, 6.45) is 0. The normalized spacial score (nSPS) is 17.5. The predicted octanol–water partition coefficient (Wildman–Crippen LogP) is 2.94. The lowest BCUT2D eigenvalue weighted by molar-refractivity contribution is -0.00800. The van der Waals surface area contributed by atoms with Gasteiger partial charge in [-0.2, -0.15) is 0 Å². The van der Waals surface area contributed by atoms with Crippen molar-refractivity contribution in [1.29, 1.82) is 0 Å². The highest BCUT2D eigenvalue weighted by Crippen LogP contribution is 2.46. The van der Waals surface area contributed by atoms with Crippen LogP contribution in [0.25, 0.3) is 0 Å². The third-order valence-corrected chi connectivity index (χ3v) is 4.25. The van der Waals surface area contributed by atoms with Crippen molar-refractivity contribution in [2.45, 2.75) is 18.2 Å². The molecule has 17 heavy (non-hydrogen) atoms. The molecule has 1 saturated heterocycles. The molecule has 0 spiro atoms. The van der Waals surface area contributed by atoms with E-state index < -0.39 is 0 Å². The Morgan fingerprint density at radius 2 is 1.82 bits per heavy atom. The Hall–Kier alpha value is -0.740. The quantitative estimate of drug-likeness (QED) is 0.803. The summed E-state index contributed by atoms with van der Waals surface area (Å²) in [5.74, 6) is 1.81. The van der Waals surface area contributed by atoms with E-state index >= 15 is 0 Å². The van der Waals surface area contributed by atoms with Crippen LogP contribution in [-0.4, -0.2) is 27.4 Å². The van der Waals surface area contributed by atoms with Crippen LogP contribution < -0.4 is 9.47 Å². The Morgan fingerprint density at radius 3 is 2.24 bits per heavy atom. The highest BCUT2D eigenvalue weighted by atomic mass is 79.9. The van der Waals surface area contributed by atoms with Gasteiger partial charge in [0.25, 0.3) is 0 Å². The molecule has 0 bridgehead atoms. The summed E-state index contributed by atoms with van der Waals surface area (Å²) in [5.41, 5.74) is 3.34. The Morgan fingerprint density at radius 1 is 1.18 bits per heavy atom. The second-order valence-corrected chi connectivity index (χ2v) is 5.89.